The van der Waals surface area contributed by atoms with E-state index < -0.39 is 0 Å². The van der Waals surface area contributed by atoms with Crippen LogP contribution in [0.1, 0.15) is 5.69 Å². The van der Waals surface area contributed by atoms with Gasteiger partial charge in [0.1, 0.15) is 5.75 Å². The summed E-state index contributed by atoms with van der Waals surface area (Å²) in [5.41, 5.74) is 6.09. The summed E-state index contributed by atoms with van der Waals surface area (Å²) in [5.74, 6) is 0.850. The molecule has 0 atom stereocenters. The molecule has 1 heterocycles. The van der Waals surface area contributed by atoms with Crippen LogP contribution in [0.5, 0.6) is 11.6 Å². The fourth-order valence-electron chi connectivity index (χ4n) is 1.33. The summed E-state index contributed by atoms with van der Waals surface area (Å²) in [6, 6.07) is 8.27. The van der Waals surface area contributed by atoms with E-state index in [1.165, 1.54) is 0 Å². The SMILES string of the molecule is NCc1nc(Oc2ccc(Cl)cc2Cl)ccc1Cl. The van der Waals surface area contributed by atoms with Crippen molar-refractivity contribution in [1.82, 2.24) is 4.98 Å². The maximum absolute atomic E-state index is 6.00. The molecule has 0 spiro atoms. The van der Waals surface area contributed by atoms with Crippen LogP contribution >= 0.6 is 34.8 Å². The number of hydrogen-bond acceptors (Lipinski definition) is 3. The molecule has 3 nitrogen and oxygen atoms in total. The zero-order valence-electron chi connectivity index (χ0n) is 9.16. The Morgan fingerprint density at radius 3 is 2.50 bits per heavy atom. The highest BCUT2D eigenvalue weighted by molar-refractivity contribution is 6.35. The lowest BCUT2D eigenvalue weighted by atomic mass is 10.3. The lowest BCUT2D eigenvalue weighted by Crippen LogP contribution is -2.01. The van der Waals surface area contributed by atoms with Crippen molar-refractivity contribution in [3.63, 3.8) is 0 Å². The smallest absolute Gasteiger partial charge is 0.219 e. The molecule has 0 aliphatic heterocycles. The molecule has 0 aliphatic rings. The van der Waals surface area contributed by atoms with Crippen molar-refractivity contribution >= 4 is 34.8 Å². The van der Waals surface area contributed by atoms with Crippen molar-refractivity contribution in [2.24, 2.45) is 5.73 Å². The predicted octanol–water partition coefficient (Wildman–Crippen LogP) is 4.29. The van der Waals surface area contributed by atoms with Gasteiger partial charge in [-0.1, -0.05) is 34.8 Å². The molecule has 6 heteroatoms. The summed E-state index contributed by atoms with van der Waals surface area (Å²) in [7, 11) is 0. The summed E-state index contributed by atoms with van der Waals surface area (Å²) >= 11 is 17.7. The van der Waals surface area contributed by atoms with Gasteiger partial charge in [-0.15, -0.1) is 0 Å². The van der Waals surface area contributed by atoms with Gasteiger partial charge >= 0.3 is 0 Å². The van der Waals surface area contributed by atoms with Crippen LogP contribution in [0, 0.1) is 0 Å². The number of hydrogen-bond donors (Lipinski definition) is 1. The topological polar surface area (TPSA) is 48.1 Å². The van der Waals surface area contributed by atoms with E-state index in [9.17, 15) is 0 Å². The zero-order valence-corrected chi connectivity index (χ0v) is 11.4. The second-order valence-electron chi connectivity index (χ2n) is 3.46. The van der Waals surface area contributed by atoms with E-state index >= 15 is 0 Å². The standard InChI is InChI=1S/C12H9Cl3N2O/c13-7-1-3-11(9(15)5-7)18-12-4-2-8(14)10(6-16)17-12/h1-5H,6,16H2. The second-order valence-corrected chi connectivity index (χ2v) is 4.71. The number of halogens is 3. The van der Waals surface area contributed by atoms with Gasteiger partial charge in [-0.3, -0.25) is 0 Å². The van der Waals surface area contributed by atoms with Crippen LogP contribution in [-0.2, 0) is 6.54 Å². The summed E-state index contributed by atoms with van der Waals surface area (Å²) < 4.78 is 5.55. The quantitative estimate of drug-likeness (QED) is 0.920. The molecule has 0 radical (unpaired) electrons. The van der Waals surface area contributed by atoms with E-state index in [0.717, 1.165) is 0 Å². The molecule has 2 aromatic rings. The summed E-state index contributed by atoms with van der Waals surface area (Å²) in [4.78, 5) is 4.18. The van der Waals surface area contributed by atoms with E-state index in [0.29, 0.717) is 32.4 Å². The lowest BCUT2D eigenvalue weighted by molar-refractivity contribution is 0.461. The van der Waals surface area contributed by atoms with Crippen molar-refractivity contribution in [3.05, 3.63) is 51.1 Å². The van der Waals surface area contributed by atoms with Crippen molar-refractivity contribution in [2.75, 3.05) is 0 Å². The first kappa shape index (κ1) is 13.4. The Kier molecular flexibility index (Phi) is 4.30. The van der Waals surface area contributed by atoms with Crippen molar-refractivity contribution < 1.29 is 4.74 Å². The van der Waals surface area contributed by atoms with Crippen molar-refractivity contribution in [1.29, 1.82) is 0 Å². The molecule has 94 valence electrons. The third-order valence-electron chi connectivity index (χ3n) is 2.19. The number of rotatable bonds is 3. The van der Waals surface area contributed by atoms with Crippen molar-refractivity contribution in [2.45, 2.75) is 6.54 Å². The molecule has 0 saturated carbocycles. The molecule has 2 N–H and O–H groups in total. The molecule has 2 rings (SSSR count). The molecule has 18 heavy (non-hydrogen) atoms. The van der Waals surface area contributed by atoms with Crippen LogP contribution in [0.2, 0.25) is 15.1 Å². The van der Waals surface area contributed by atoms with Gasteiger partial charge in [-0.25, -0.2) is 4.98 Å². The Hall–Kier alpha value is -1.000. The zero-order chi connectivity index (χ0) is 13.1. The Morgan fingerprint density at radius 1 is 1.06 bits per heavy atom. The van der Waals surface area contributed by atoms with E-state index in [-0.39, 0.29) is 6.54 Å². The van der Waals surface area contributed by atoms with Crippen LogP contribution in [0.4, 0.5) is 0 Å². The van der Waals surface area contributed by atoms with E-state index in [4.69, 9.17) is 45.3 Å². The highest BCUT2D eigenvalue weighted by atomic mass is 35.5. The number of nitrogens with two attached hydrogens (primary N) is 1. The average molecular weight is 304 g/mol. The molecule has 0 fully saturated rings. The van der Waals surface area contributed by atoms with Crippen LogP contribution in [-0.4, -0.2) is 4.98 Å². The minimum Gasteiger partial charge on any atom is -0.437 e. The van der Waals surface area contributed by atoms with Gasteiger partial charge in [0.2, 0.25) is 5.88 Å². The normalized spacial score (nSPS) is 10.4. The molecular weight excluding hydrogens is 295 g/mol. The third-order valence-corrected chi connectivity index (χ3v) is 3.07. The Morgan fingerprint density at radius 2 is 1.83 bits per heavy atom. The Bertz CT molecular complexity index is 575. The maximum atomic E-state index is 6.00. The molecule has 1 aromatic carbocycles. The summed E-state index contributed by atoms with van der Waals surface area (Å²) in [5, 5.41) is 1.46. The van der Waals surface area contributed by atoms with Crippen LogP contribution in [0.25, 0.3) is 0 Å². The highest BCUT2D eigenvalue weighted by Gasteiger charge is 2.07. The molecule has 1 aromatic heterocycles. The third kappa shape index (κ3) is 3.06. The molecule has 0 unspecified atom stereocenters. The average Bonchev–Trinajstić information content (AvgIpc) is 2.35. The largest absolute Gasteiger partial charge is 0.437 e. The molecular formula is C12H9Cl3N2O. The number of pyridine rings is 1. The number of ether oxygens (including phenoxy) is 1. The fraction of sp³-hybridized carbons (Fsp3) is 0.0833. The molecule has 0 aliphatic carbocycles. The number of nitrogens with zero attached hydrogens (tertiary/aromatic N) is 1. The number of benzene rings is 1. The minimum absolute atomic E-state index is 0.240. The molecule has 0 saturated heterocycles. The Labute approximate surface area is 119 Å². The van der Waals surface area contributed by atoms with Crippen LogP contribution in [0.15, 0.2) is 30.3 Å². The lowest BCUT2D eigenvalue weighted by Gasteiger charge is -2.08. The van der Waals surface area contributed by atoms with Crippen LogP contribution in [0.3, 0.4) is 0 Å². The summed E-state index contributed by atoms with van der Waals surface area (Å²) in [6.45, 7) is 0.240. The summed E-state index contributed by atoms with van der Waals surface area (Å²) in [6.07, 6.45) is 0. The second kappa shape index (κ2) is 5.76. The van der Waals surface area contributed by atoms with Gasteiger partial charge in [0.25, 0.3) is 0 Å². The molecule has 0 amide bonds. The maximum Gasteiger partial charge on any atom is 0.219 e. The van der Waals surface area contributed by atoms with E-state index in [2.05, 4.69) is 4.98 Å². The van der Waals surface area contributed by atoms with Gasteiger partial charge in [0, 0.05) is 17.6 Å². The van der Waals surface area contributed by atoms with Crippen molar-refractivity contribution in [3.8, 4) is 11.6 Å². The van der Waals surface area contributed by atoms with Gasteiger partial charge in [0.15, 0.2) is 0 Å². The number of aromatic nitrogens is 1. The molecule has 0 bridgehead atoms. The van der Waals surface area contributed by atoms with Gasteiger partial charge in [-0.05, 0) is 24.3 Å². The van der Waals surface area contributed by atoms with Crippen LogP contribution < -0.4 is 10.5 Å². The van der Waals surface area contributed by atoms with E-state index in [1.54, 1.807) is 30.3 Å². The first-order chi connectivity index (χ1) is 8.60. The van der Waals surface area contributed by atoms with Gasteiger partial charge in [-0.2, -0.15) is 0 Å². The first-order valence-electron chi connectivity index (χ1n) is 5.08. The minimum atomic E-state index is 0.240. The Balaban J connectivity index is 2.28. The van der Waals surface area contributed by atoms with Gasteiger partial charge in [0.05, 0.1) is 15.7 Å². The highest BCUT2D eigenvalue weighted by Crippen LogP contribution is 2.31. The monoisotopic (exact) mass is 302 g/mol. The van der Waals surface area contributed by atoms with E-state index in [1.807, 2.05) is 0 Å². The van der Waals surface area contributed by atoms with Gasteiger partial charge < -0.3 is 10.5 Å². The fourth-order valence-corrected chi connectivity index (χ4v) is 1.96. The predicted molar refractivity (Wildman–Crippen MR) is 73.7 cm³/mol. The first-order valence-corrected chi connectivity index (χ1v) is 6.22.